The molecule has 2 aromatic carbocycles. The smallest absolute Gasteiger partial charge is 0.305 e. The number of benzene rings is 2. The lowest BCUT2D eigenvalue weighted by molar-refractivity contribution is -0.137. The van der Waals surface area contributed by atoms with Gasteiger partial charge < -0.3 is 10.4 Å². The number of amides is 1. The molecule has 0 spiro atoms. The molecule has 30 heavy (non-hydrogen) atoms. The van der Waals surface area contributed by atoms with E-state index in [0.29, 0.717) is 5.56 Å². The first kappa shape index (κ1) is 22.8. The highest BCUT2D eigenvalue weighted by atomic mass is 32.2. The standard InChI is InChI=1S/C18H18FN5O5S/c19-15-3-1-2-4-16(15)30(28,29)22-10-12-5-7-13(8-6-12)18(27)23-14(9-17(25)26)11-21-24-20/h1-8,14,22H,9-11H2,(H,23,27)(H,25,26)/t14-/m0/s1. The van der Waals surface area contributed by atoms with Crippen LogP contribution in [-0.2, 0) is 21.4 Å². The van der Waals surface area contributed by atoms with Crippen molar-refractivity contribution in [2.45, 2.75) is 23.9 Å². The first-order valence-electron chi connectivity index (χ1n) is 8.59. The average Bonchev–Trinajstić information content (AvgIpc) is 2.70. The second-order valence-corrected chi connectivity index (χ2v) is 7.87. The summed E-state index contributed by atoms with van der Waals surface area (Å²) in [5.41, 5.74) is 9.07. The Kier molecular flexibility index (Phi) is 7.87. The lowest BCUT2D eigenvalue weighted by Gasteiger charge is -2.14. The number of carbonyl (C=O) groups is 2. The number of carboxylic acid groups (broad SMARTS) is 1. The molecule has 0 fully saturated rings. The van der Waals surface area contributed by atoms with Crippen molar-refractivity contribution < 1.29 is 27.5 Å². The van der Waals surface area contributed by atoms with Crippen LogP contribution in [0.1, 0.15) is 22.3 Å². The van der Waals surface area contributed by atoms with Crippen molar-refractivity contribution in [3.05, 3.63) is 75.9 Å². The van der Waals surface area contributed by atoms with E-state index in [2.05, 4.69) is 20.1 Å². The van der Waals surface area contributed by atoms with Crippen molar-refractivity contribution in [2.24, 2.45) is 5.11 Å². The Bertz CT molecular complexity index is 1060. The molecule has 10 nitrogen and oxygen atoms in total. The number of aliphatic carboxylic acids is 1. The van der Waals surface area contributed by atoms with Crippen molar-refractivity contribution in [1.29, 1.82) is 0 Å². The Morgan fingerprint density at radius 1 is 1.17 bits per heavy atom. The van der Waals surface area contributed by atoms with E-state index in [4.69, 9.17) is 10.6 Å². The van der Waals surface area contributed by atoms with Crippen molar-refractivity contribution in [1.82, 2.24) is 10.0 Å². The van der Waals surface area contributed by atoms with Gasteiger partial charge in [0, 0.05) is 29.6 Å². The molecule has 2 rings (SSSR count). The van der Waals surface area contributed by atoms with Crippen LogP contribution in [0.25, 0.3) is 10.4 Å². The molecule has 0 saturated heterocycles. The Morgan fingerprint density at radius 2 is 1.83 bits per heavy atom. The highest BCUT2D eigenvalue weighted by molar-refractivity contribution is 7.89. The van der Waals surface area contributed by atoms with Gasteiger partial charge in [0.25, 0.3) is 5.91 Å². The molecule has 0 bridgehead atoms. The van der Waals surface area contributed by atoms with Gasteiger partial charge in [-0.05, 0) is 35.4 Å². The number of rotatable bonds is 10. The summed E-state index contributed by atoms with van der Waals surface area (Å²) < 4.78 is 40.4. The number of sulfonamides is 1. The molecule has 0 heterocycles. The van der Waals surface area contributed by atoms with E-state index in [9.17, 15) is 22.4 Å². The number of nitrogens with one attached hydrogen (secondary N) is 2. The average molecular weight is 435 g/mol. The van der Waals surface area contributed by atoms with Gasteiger partial charge in [0.1, 0.15) is 10.7 Å². The largest absolute Gasteiger partial charge is 0.481 e. The van der Waals surface area contributed by atoms with E-state index >= 15 is 0 Å². The Labute approximate surface area is 171 Å². The van der Waals surface area contributed by atoms with Crippen LogP contribution in [0.4, 0.5) is 4.39 Å². The zero-order valence-electron chi connectivity index (χ0n) is 15.5. The van der Waals surface area contributed by atoms with Gasteiger partial charge >= 0.3 is 5.97 Å². The van der Waals surface area contributed by atoms with Crippen molar-refractivity contribution in [2.75, 3.05) is 6.54 Å². The van der Waals surface area contributed by atoms with Gasteiger partial charge in [0.2, 0.25) is 10.0 Å². The summed E-state index contributed by atoms with van der Waals surface area (Å²) >= 11 is 0. The lowest BCUT2D eigenvalue weighted by atomic mass is 10.1. The number of hydrogen-bond donors (Lipinski definition) is 3. The summed E-state index contributed by atoms with van der Waals surface area (Å²) in [4.78, 5) is 25.2. The van der Waals surface area contributed by atoms with Crippen molar-refractivity contribution in [3.63, 3.8) is 0 Å². The van der Waals surface area contributed by atoms with Crippen molar-refractivity contribution >= 4 is 21.9 Å². The van der Waals surface area contributed by atoms with Crippen LogP contribution >= 0.6 is 0 Å². The van der Waals surface area contributed by atoms with Crippen LogP contribution in [0.15, 0.2) is 58.5 Å². The third-order valence-electron chi connectivity index (χ3n) is 3.93. The summed E-state index contributed by atoms with van der Waals surface area (Å²) in [6.45, 7) is -0.346. The van der Waals surface area contributed by atoms with Crippen LogP contribution in [0, 0.1) is 5.82 Å². The number of carboxylic acids is 1. The molecule has 12 heteroatoms. The van der Waals surface area contributed by atoms with E-state index in [-0.39, 0.29) is 18.7 Å². The number of nitrogens with zero attached hydrogens (tertiary/aromatic N) is 3. The van der Waals surface area contributed by atoms with E-state index in [1.807, 2.05) is 0 Å². The normalized spacial score (nSPS) is 11.9. The Morgan fingerprint density at radius 3 is 2.43 bits per heavy atom. The van der Waals surface area contributed by atoms with E-state index in [1.165, 1.54) is 36.4 Å². The van der Waals surface area contributed by atoms with E-state index < -0.39 is 45.1 Å². The summed E-state index contributed by atoms with van der Waals surface area (Å²) in [5, 5.41) is 14.6. The van der Waals surface area contributed by atoms with Gasteiger partial charge in [-0.1, -0.05) is 29.4 Å². The summed E-state index contributed by atoms with van der Waals surface area (Å²) in [7, 11) is -4.05. The monoisotopic (exact) mass is 435 g/mol. The molecule has 1 amide bonds. The lowest BCUT2D eigenvalue weighted by Crippen LogP contribution is -2.38. The molecule has 2 aromatic rings. The molecule has 1 atom stereocenters. The maximum Gasteiger partial charge on any atom is 0.305 e. The molecule has 0 aliphatic carbocycles. The topological polar surface area (TPSA) is 161 Å². The van der Waals surface area contributed by atoms with Gasteiger partial charge in [0.15, 0.2) is 0 Å². The third-order valence-corrected chi connectivity index (χ3v) is 5.36. The first-order valence-corrected chi connectivity index (χ1v) is 10.1. The number of hydrogen-bond acceptors (Lipinski definition) is 5. The molecule has 158 valence electrons. The fourth-order valence-corrected chi connectivity index (χ4v) is 3.56. The summed E-state index contributed by atoms with van der Waals surface area (Å²) in [5.74, 6) is -2.60. The highest BCUT2D eigenvalue weighted by Gasteiger charge is 2.19. The quantitative estimate of drug-likeness (QED) is 0.296. The van der Waals surface area contributed by atoms with Gasteiger partial charge in [-0.25, -0.2) is 17.5 Å². The van der Waals surface area contributed by atoms with Crippen LogP contribution in [0.2, 0.25) is 0 Å². The van der Waals surface area contributed by atoms with Gasteiger partial charge in [-0.15, -0.1) is 0 Å². The molecule has 0 aliphatic rings. The molecular formula is C18H18FN5O5S. The van der Waals surface area contributed by atoms with Crippen LogP contribution < -0.4 is 10.0 Å². The number of azide groups is 1. The maximum atomic E-state index is 13.7. The predicted molar refractivity (Wildman–Crippen MR) is 104 cm³/mol. The van der Waals surface area contributed by atoms with Gasteiger partial charge in [0.05, 0.1) is 6.42 Å². The number of carbonyl (C=O) groups excluding carboxylic acids is 1. The van der Waals surface area contributed by atoms with Crippen LogP contribution in [0.5, 0.6) is 0 Å². The fourth-order valence-electron chi connectivity index (χ4n) is 2.47. The molecule has 0 saturated carbocycles. The minimum atomic E-state index is -4.05. The van der Waals surface area contributed by atoms with E-state index in [0.717, 1.165) is 12.1 Å². The second-order valence-electron chi connectivity index (χ2n) is 6.13. The molecule has 3 N–H and O–H groups in total. The predicted octanol–water partition coefficient (Wildman–Crippen LogP) is 2.19. The fraction of sp³-hybridized carbons (Fsp3) is 0.222. The van der Waals surface area contributed by atoms with Gasteiger partial charge in [-0.2, -0.15) is 0 Å². The van der Waals surface area contributed by atoms with Crippen LogP contribution in [-0.4, -0.2) is 38.0 Å². The molecule has 0 aliphatic heterocycles. The zero-order valence-corrected chi connectivity index (χ0v) is 16.3. The Balaban J connectivity index is 2.01. The zero-order chi connectivity index (χ0) is 22.1. The molecular weight excluding hydrogens is 417 g/mol. The highest BCUT2D eigenvalue weighted by Crippen LogP contribution is 2.14. The minimum absolute atomic E-state index is 0.128. The summed E-state index contributed by atoms with van der Waals surface area (Å²) in [6.07, 6.45) is -0.416. The first-order chi connectivity index (χ1) is 14.2. The molecule has 0 radical (unpaired) electrons. The maximum absolute atomic E-state index is 13.7. The Hall–Kier alpha value is -3.47. The van der Waals surface area contributed by atoms with Crippen molar-refractivity contribution in [3.8, 4) is 0 Å². The minimum Gasteiger partial charge on any atom is -0.481 e. The van der Waals surface area contributed by atoms with E-state index in [1.54, 1.807) is 0 Å². The number of halogens is 1. The third kappa shape index (κ3) is 6.55. The van der Waals surface area contributed by atoms with Gasteiger partial charge in [-0.3, -0.25) is 9.59 Å². The summed E-state index contributed by atoms with van der Waals surface area (Å²) in [6, 6.07) is 9.95. The second kappa shape index (κ2) is 10.3. The molecule has 0 unspecified atom stereocenters. The SMILES string of the molecule is [N-]=[N+]=NC[C@H](CC(=O)O)NC(=O)c1ccc(CNS(=O)(=O)c2ccccc2F)cc1. The molecule has 0 aromatic heterocycles. The van der Waals surface area contributed by atoms with Crippen LogP contribution in [0.3, 0.4) is 0 Å².